The second kappa shape index (κ2) is 7.13. The number of carbonyl (C=O) groups excluding carboxylic acids is 2. The Morgan fingerprint density at radius 3 is 3.00 bits per heavy atom. The van der Waals surface area contributed by atoms with E-state index in [0.717, 1.165) is 23.7 Å². The van der Waals surface area contributed by atoms with Gasteiger partial charge in [-0.25, -0.2) is 4.98 Å². The van der Waals surface area contributed by atoms with Crippen molar-refractivity contribution in [3.8, 4) is 0 Å². The Labute approximate surface area is 151 Å². The van der Waals surface area contributed by atoms with E-state index in [1.54, 1.807) is 11.3 Å². The second-order valence-electron chi connectivity index (χ2n) is 7.64. The van der Waals surface area contributed by atoms with E-state index < -0.39 is 6.04 Å². The molecule has 1 unspecified atom stereocenters. The molecule has 1 atom stereocenters. The summed E-state index contributed by atoms with van der Waals surface area (Å²) < 4.78 is 1.94. The van der Waals surface area contributed by atoms with Gasteiger partial charge in [-0.15, -0.1) is 11.3 Å². The molecule has 3 heterocycles. The van der Waals surface area contributed by atoms with Gasteiger partial charge in [-0.3, -0.25) is 18.9 Å². The van der Waals surface area contributed by atoms with Crippen LogP contribution in [0.3, 0.4) is 0 Å². The van der Waals surface area contributed by atoms with Gasteiger partial charge in [0.15, 0.2) is 4.96 Å². The number of fused-ring (bicyclic) bond motifs is 1. The van der Waals surface area contributed by atoms with Crippen molar-refractivity contribution in [2.75, 3.05) is 19.6 Å². The van der Waals surface area contributed by atoms with Gasteiger partial charge in [0, 0.05) is 37.4 Å². The van der Waals surface area contributed by atoms with Crippen molar-refractivity contribution < 1.29 is 9.59 Å². The number of aromatic nitrogens is 2. The van der Waals surface area contributed by atoms with Crippen LogP contribution in [0.1, 0.15) is 32.9 Å². The Bertz CT molecular complexity index is 732. The van der Waals surface area contributed by atoms with Crippen LogP contribution >= 0.6 is 11.3 Å². The maximum atomic E-state index is 12.3. The van der Waals surface area contributed by atoms with Crippen molar-refractivity contribution in [3.63, 3.8) is 0 Å². The van der Waals surface area contributed by atoms with E-state index >= 15 is 0 Å². The number of imidazole rings is 1. The second-order valence-corrected chi connectivity index (χ2v) is 8.52. The summed E-state index contributed by atoms with van der Waals surface area (Å²) >= 11 is 1.56. The molecule has 0 aromatic carbocycles. The maximum absolute atomic E-state index is 12.3. The number of piperazine rings is 1. The molecule has 2 aromatic rings. The topological polar surface area (TPSA) is 78.7 Å². The third-order valence-corrected chi connectivity index (χ3v) is 4.88. The van der Waals surface area contributed by atoms with Crippen molar-refractivity contribution in [2.45, 2.75) is 39.8 Å². The van der Waals surface area contributed by atoms with E-state index in [2.05, 4.69) is 41.3 Å². The Balaban J connectivity index is 1.57. The molecule has 25 heavy (non-hydrogen) atoms. The quantitative estimate of drug-likeness (QED) is 0.838. The van der Waals surface area contributed by atoms with Crippen LogP contribution in [0.5, 0.6) is 0 Å². The van der Waals surface area contributed by atoms with Gasteiger partial charge in [0.25, 0.3) is 0 Å². The lowest BCUT2D eigenvalue weighted by Crippen LogP contribution is -2.58. The highest BCUT2D eigenvalue weighted by molar-refractivity contribution is 7.15. The zero-order valence-corrected chi connectivity index (χ0v) is 15.7. The van der Waals surface area contributed by atoms with E-state index in [9.17, 15) is 9.59 Å². The van der Waals surface area contributed by atoms with Crippen LogP contribution < -0.4 is 10.6 Å². The molecule has 8 heteroatoms. The van der Waals surface area contributed by atoms with E-state index in [1.165, 1.54) is 0 Å². The number of nitrogens with one attached hydrogen (secondary N) is 2. The van der Waals surface area contributed by atoms with Gasteiger partial charge in [0.05, 0.1) is 24.7 Å². The molecular formula is C17H25N5O2S. The van der Waals surface area contributed by atoms with Crippen LogP contribution in [0.4, 0.5) is 0 Å². The number of hydrogen-bond donors (Lipinski definition) is 2. The zero-order valence-electron chi connectivity index (χ0n) is 14.9. The van der Waals surface area contributed by atoms with Gasteiger partial charge in [-0.05, 0) is 5.41 Å². The third kappa shape index (κ3) is 4.58. The minimum Gasteiger partial charge on any atom is -0.353 e. The number of thiazole rings is 1. The van der Waals surface area contributed by atoms with Crippen molar-refractivity contribution in [3.05, 3.63) is 23.5 Å². The summed E-state index contributed by atoms with van der Waals surface area (Å²) in [4.78, 5) is 32.1. The molecule has 1 saturated heterocycles. The first-order chi connectivity index (χ1) is 11.8. The predicted molar refractivity (Wildman–Crippen MR) is 97.4 cm³/mol. The lowest BCUT2D eigenvalue weighted by atomic mass is 9.94. The normalized spacial score (nSPS) is 19.2. The van der Waals surface area contributed by atoms with Gasteiger partial charge >= 0.3 is 0 Å². The Kier molecular flexibility index (Phi) is 5.10. The molecule has 0 spiro atoms. The first-order valence-electron chi connectivity index (χ1n) is 8.51. The van der Waals surface area contributed by atoms with Gasteiger partial charge < -0.3 is 10.6 Å². The van der Waals surface area contributed by atoms with Gasteiger partial charge in [-0.2, -0.15) is 0 Å². The van der Waals surface area contributed by atoms with Gasteiger partial charge in [0.2, 0.25) is 11.8 Å². The maximum Gasteiger partial charge on any atom is 0.237 e. The van der Waals surface area contributed by atoms with Crippen LogP contribution in [0.25, 0.3) is 4.96 Å². The molecule has 1 fully saturated rings. The summed E-state index contributed by atoms with van der Waals surface area (Å²) in [5, 5.41) is 7.72. The molecule has 1 aliphatic rings. The Hall–Kier alpha value is -1.93. The number of rotatable bonds is 5. The number of carbonyl (C=O) groups is 2. The van der Waals surface area contributed by atoms with E-state index in [4.69, 9.17) is 0 Å². The first kappa shape index (κ1) is 17.9. The predicted octanol–water partition coefficient (Wildman–Crippen LogP) is 1.25. The highest BCUT2D eigenvalue weighted by Gasteiger charge is 2.33. The summed E-state index contributed by atoms with van der Waals surface area (Å²) in [7, 11) is 0. The zero-order chi connectivity index (χ0) is 18.0. The summed E-state index contributed by atoms with van der Waals surface area (Å²) in [6.07, 6.45) is 4.02. The van der Waals surface area contributed by atoms with Crippen molar-refractivity contribution in [1.29, 1.82) is 0 Å². The molecule has 136 valence electrons. The SMILES string of the molecule is CC(C)(C)CN1CCNC(=O)C1CC(=O)NCc1cn2ccsc2n1. The van der Waals surface area contributed by atoms with Crippen molar-refractivity contribution >= 4 is 28.1 Å². The summed E-state index contributed by atoms with van der Waals surface area (Å²) in [5.41, 5.74) is 0.897. The minimum absolute atomic E-state index is 0.0619. The van der Waals surface area contributed by atoms with E-state index in [-0.39, 0.29) is 23.7 Å². The summed E-state index contributed by atoms with van der Waals surface area (Å²) in [5.74, 6) is -0.189. The molecule has 2 amide bonds. The van der Waals surface area contributed by atoms with Crippen LogP contribution in [-0.4, -0.2) is 51.8 Å². The molecule has 3 rings (SSSR count). The average Bonchev–Trinajstić information content (AvgIpc) is 3.08. The molecule has 2 N–H and O–H groups in total. The fourth-order valence-corrected chi connectivity index (χ4v) is 3.80. The largest absolute Gasteiger partial charge is 0.353 e. The average molecular weight is 363 g/mol. The lowest BCUT2D eigenvalue weighted by molar-refractivity contribution is -0.134. The minimum atomic E-state index is -0.404. The van der Waals surface area contributed by atoms with Crippen LogP contribution in [0.2, 0.25) is 0 Å². The molecular weight excluding hydrogens is 338 g/mol. The van der Waals surface area contributed by atoms with Crippen LogP contribution in [0.15, 0.2) is 17.8 Å². The lowest BCUT2D eigenvalue weighted by Gasteiger charge is -2.38. The third-order valence-electron chi connectivity index (χ3n) is 4.11. The highest BCUT2D eigenvalue weighted by Crippen LogP contribution is 2.19. The standard InChI is InChI=1S/C17H25N5O2S/c1-17(2,3)11-22-5-4-18-15(24)13(22)8-14(23)19-9-12-10-21-6-7-25-16(21)20-12/h6-7,10,13H,4-5,8-9,11H2,1-3H3,(H,18,24)(H,19,23). The molecule has 1 aliphatic heterocycles. The monoisotopic (exact) mass is 363 g/mol. The molecule has 0 aliphatic carbocycles. The van der Waals surface area contributed by atoms with Crippen LogP contribution in [0, 0.1) is 5.41 Å². The highest BCUT2D eigenvalue weighted by atomic mass is 32.1. The van der Waals surface area contributed by atoms with E-state index in [1.807, 2.05) is 22.2 Å². The number of nitrogens with zero attached hydrogens (tertiary/aromatic N) is 3. The fraction of sp³-hybridized carbons (Fsp3) is 0.588. The molecule has 2 aromatic heterocycles. The molecule has 0 saturated carbocycles. The molecule has 0 radical (unpaired) electrons. The summed E-state index contributed by atoms with van der Waals surface area (Å²) in [6.45, 7) is 9.00. The van der Waals surface area contributed by atoms with Gasteiger partial charge in [-0.1, -0.05) is 20.8 Å². The number of amides is 2. The van der Waals surface area contributed by atoms with E-state index in [0.29, 0.717) is 13.1 Å². The van der Waals surface area contributed by atoms with Crippen LogP contribution in [-0.2, 0) is 16.1 Å². The Morgan fingerprint density at radius 1 is 1.48 bits per heavy atom. The molecule has 7 nitrogen and oxygen atoms in total. The Morgan fingerprint density at radius 2 is 2.28 bits per heavy atom. The smallest absolute Gasteiger partial charge is 0.237 e. The van der Waals surface area contributed by atoms with Crippen molar-refractivity contribution in [2.24, 2.45) is 5.41 Å². The fourth-order valence-electron chi connectivity index (χ4n) is 3.08. The summed E-state index contributed by atoms with van der Waals surface area (Å²) in [6, 6.07) is -0.404. The number of hydrogen-bond acceptors (Lipinski definition) is 5. The van der Waals surface area contributed by atoms with Gasteiger partial charge in [0.1, 0.15) is 0 Å². The molecule has 0 bridgehead atoms. The first-order valence-corrected chi connectivity index (χ1v) is 9.39. The van der Waals surface area contributed by atoms with Crippen molar-refractivity contribution in [1.82, 2.24) is 24.9 Å².